The Morgan fingerprint density at radius 1 is 1.09 bits per heavy atom. The average molecular weight is 331 g/mol. The lowest BCUT2D eigenvalue weighted by Gasteiger charge is -2.19. The normalized spacial score (nSPS) is 15.1. The lowest BCUT2D eigenvalue weighted by Crippen LogP contribution is -2.32. The van der Waals surface area contributed by atoms with Gasteiger partial charge in [-0.25, -0.2) is 9.97 Å². The summed E-state index contributed by atoms with van der Waals surface area (Å²) in [6.45, 7) is 1.62. The molecule has 0 spiro atoms. The fourth-order valence-electron chi connectivity index (χ4n) is 2.65. The zero-order chi connectivity index (χ0) is 16.1. The minimum Gasteiger partial charge on any atom is -0.339 e. The van der Waals surface area contributed by atoms with Gasteiger partial charge in [0.15, 0.2) is 0 Å². The van der Waals surface area contributed by atoms with Crippen LogP contribution in [0.15, 0.2) is 36.7 Å². The number of nitrogens with zero attached hydrogens (tertiary/aromatic N) is 3. The molecule has 1 fully saturated rings. The Hall–Kier alpha value is -2.14. The monoisotopic (exact) mass is 330 g/mol. The van der Waals surface area contributed by atoms with Crippen molar-refractivity contribution in [2.45, 2.75) is 25.7 Å². The van der Waals surface area contributed by atoms with E-state index in [4.69, 9.17) is 11.6 Å². The first-order chi connectivity index (χ1) is 11.2. The van der Waals surface area contributed by atoms with Crippen LogP contribution in [0.25, 0.3) is 0 Å². The van der Waals surface area contributed by atoms with Crippen LogP contribution >= 0.6 is 11.6 Å². The molecule has 1 aromatic heterocycles. The number of carbonyl (C=O) groups is 1. The van der Waals surface area contributed by atoms with Gasteiger partial charge in [-0.05, 0) is 31.0 Å². The van der Waals surface area contributed by atoms with Crippen molar-refractivity contribution in [3.8, 4) is 0 Å². The molecule has 120 valence electrons. The van der Waals surface area contributed by atoms with Gasteiger partial charge in [0, 0.05) is 23.8 Å². The Morgan fingerprint density at radius 2 is 1.87 bits per heavy atom. The minimum atomic E-state index is -0.0336. The number of hydrogen-bond donors (Lipinski definition) is 1. The van der Waals surface area contributed by atoms with Crippen LogP contribution in [-0.2, 0) is 0 Å². The van der Waals surface area contributed by atoms with E-state index >= 15 is 0 Å². The maximum Gasteiger partial charge on any atom is 0.274 e. The fraction of sp³-hybridized carbons (Fsp3) is 0.353. The molecule has 1 aliphatic rings. The highest BCUT2D eigenvalue weighted by atomic mass is 35.5. The SMILES string of the molecule is O=C(c1cnc(Nc2cccc(Cl)c2)cn1)N1CCCCCC1. The Labute approximate surface area is 140 Å². The fourth-order valence-corrected chi connectivity index (χ4v) is 2.84. The average Bonchev–Trinajstić information content (AvgIpc) is 2.84. The van der Waals surface area contributed by atoms with Crippen LogP contribution in [0.4, 0.5) is 11.5 Å². The summed E-state index contributed by atoms with van der Waals surface area (Å²) < 4.78 is 0. The maximum absolute atomic E-state index is 12.5. The molecule has 1 N–H and O–H groups in total. The van der Waals surface area contributed by atoms with Crippen LogP contribution in [0.3, 0.4) is 0 Å². The van der Waals surface area contributed by atoms with Crippen molar-refractivity contribution in [1.29, 1.82) is 0 Å². The Morgan fingerprint density at radius 3 is 2.52 bits per heavy atom. The van der Waals surface area contributed by atoms with Gasteiger partial charge in [0.05, 0.1) is 12.4 Å². The van der Waals surface area contributed by atoms with Gasteiger partial charge in [-0.15, -0.1) is 0 Å². The first-order valence-corrected chi connectivity index (χ1v) is 8.24. The molecular weight excluding hydrogens is 312 g/mol. The van der Waals surface area contributed by atoms with E-state index in [9.17, 15) is 4.79 Å². The van der Waals surface area contributed by atoms with Gasteiger partial charge in [-0.3, -0.25) is 4.79 Å². The molecule has 0 saturated carbocycles. The van der Waals surface area contributed by atoms with E-state index in [1.165, 1.54) is 19.0 Å². The highest BCUT2D eigenvalue weighted by molar-refractivity contribution is 6.30. The van der Waals surface area contributed by atoms with Crippen molar-refractivity contribution in [3.63, 3.8) is 0 Å². The lowest BCUT2D eigenvalue weighted by molar-refractivity contribution is 0.0755. The molecule has 0 unspecified atom stereocenters. The third kappa shape index (κ3) is 4.20. The van der Waals surface area contributed by atoms with Crippen molar-refractivity contribution < 1.29 is 4.79 Å². The first kappa shape index (κ1) is 15.7. The number of rotatable bonds is 3. The van der Waals surface area contributed by atoms with E-state index in [0.717, 1.165) is 31.6 Å². The van der Waals surface area contributed by atoms with Crippen molar-refractivity contribution in [1.82, 2.24) is 14.9 Å². The van der Waals surface area contributed by atoms with Gasteiger partial charge < -0.3 is 10.2 Å². The number of anilines is 2. The van der Waals surface area contributed by atoms with Crippen molar-refractivity contribution in [3.05, 3.63) is 47.4 Å². The number of halogens is 1. The molecule has 1 amide bonds. The van der Waals surface area contributed by atoms with Gasteiger partial charge in [0.25, 0.3) is 5.91 Å². The summed E-state index contributed by atoms with van der Waals surface area (Å²) in [5.74, 6) is 0.549. The van der Waals surface area contributed by atoms with E-state index in [1.54, 1.807) is 18.3 Å². The summed E-state index contributed by atoms with van der Waals surface area (Å²) in [7, 11) is 0. The highest BCUT2D eigenvalue weighted by Crippen LogP contribution is 2.18. The number of nitrogens with one attached hydrogen (secondary N) is 1. The van der Waals surface area contributed by atoms with Gasteiger partial charge in [0.2, 0.25) is 0 Å². The molecule has 1 aliphatic heterocycles. The predicted octanol–water partition coefficient (Wildman–Crippen LogP) is 3.89. The molecular formula is C17H19ClN4O. The van der Waals surface area contributed by atoms with E-state index in [2.05, 4.69) is 15.3 Å². The number of amides is 1. The topological polar surface area (TPSA) is 58.1 Å². The number of aromatic nitrogens is 2. The summed E-state index contributed by atoms with van der Waals surface area (Å²) in [6.07, 6.45) is 7.61. The molecule has 0 bridgehead atoms. The smallest absolute Gasteiger partial charge is 0.274 e. The molecule has 0 aliphatic carbocycles. The quantitative estimate of drug-likeness (QED) is 0.927. The van der Waals surface area contributed by atoms with Gasteiger partial charge in [0.1, 0.15) is 11.5 Å². The number of hydrogen-bond acceptors (Lipinski definition) is 4. The number of carbonyl (C=O) groups excluding carboxylic acids is 1. The summed E-state index contributed by atoms with van der Waals surface area (Å²) in [5, 5.41) is 3.77. The second-order valence-corrected chi connectivity index (χ2v) is 6.07. The van der Waals surface area contributed by atoms with Crippen molar-refractivity contribution >= 4 is 29.0 Å². The molecule has 0 atom stereocenters. The molecule has 5 nitrogen and oxygen atoms in total. The minimum absolute atomic E-state index is 0.0336. The van der Waals surface area contributed by atoms with E-state index in [1.807, 2.05) is 17.0 Å². The highest BCUT2D eigenvalue weighted by Gasteiger charge is 2.18. The molecule has 0 radical (unpaired) electrons. The number of likely N-dealkylation sites (tertiary alicyclic amines) is 1. The molecule has 2 heterocycles. The van der Waals surface area contributed by atoms with Crippen LogP contribution in [0, 0.1) is 0 Å². The molecule has 1 aromatic carbocycles. The van der Waals surface area contributed by atoms with E-state index in [-0.39, 0.29) is 5.91 Å². The predicted molar refractivity (Wildman–Crippen MR) is 91.1 cm³/mol. The first-order valence-electron chi connectivity index (χ1n) is 7.86. The van der Waals surface area contributed by atoms with Crippen LogP contribution in [-0.4, -0.2) is 33.9 Å². The summed E-state index contributed by atoms with van der Waals surface area (Å²) in [5.41, 5.74) is 1.22. The Bertz CT molecular complexity index is 667. The third-order valence-corrected chi connectivity index (χ3v) is 4.10. The van der Waals surface area contributed by atoms with Gasteiger partial charge >= 0.3 is 0 Å². The van der Waals surface area contributed by atoms with Crippen LogP contribution in [0.1, 0.15) is 36.2 Å². The molecule has 1 saturated heterocycles. The van der Waals surface area contributed by atoms with Crippen molar-refractivity contribution in [2.24, 2.45) is 0 Å². The zero-order valence-electron chi connectivity index (χ0n) is 12.8. The maximum atomic E-state index is 12.5. The molecule has 23 heavy (non-hydrogen) atoms. The summed E-state index contributed by atoms with van der Waals surface area (Å²) in [4.78, 5) is 22.9. The van der Waals surface area contributed by atoms with Crippen molar-refractivity contribution in [2.75, 3.05) is 18.4 Å². The van der Waals surface area contributed by atoms with Gasteiger partial charge in [-0.1, -0.05) is 30.5 Å². The standard InChI is InChI=1S/C17H19ClN4O/c18-13-6-5-7-14(10-13)21-16-12-19-15(11-20-16)17(23)22-8-3-1-2-4-9-22/h5-7,10-12H,1-4,8-9H2,(H,20,21). The largest absolute Gasteiger partial charge is 0.339 e. The summed E-state index contributed by atoms with van der Waals surface area (Å²) >= 11 is 5.95. The van der Waals surface area contributed by atoms with Crippen LogP contribution in [0.2, 0.25) is 5.02 Å². The Kier molecular flexibility index (Phi) is 5.08. The molecule has 2 aromatic rings. The van der Waals surface area contributed by atoms with Crippen LogP contribution in [0.5, 0.6) is 0 Å². The Balaban J connectivity index is 1.67. The third-order valence-electron chi connectivity index (χ3n) is 3.86. The zero-order valence-corrected chi connectivity index (χ0v) is 13.6. The van der Waals surface area contributed by atoms with E-state index in [0.29, 0.717) is 16.5 Å². The lowest BCUT2D eigenvalue weighted by atomic mass is 10.2. The van der Waals surface area contributed by atoms with Gasteiger partial charge in [-0.2, -0.15) is 0 Å². The second kappa shape index (κ2) is 7.42. The van der Waals surface area contributed by atoms with Crippen LogP contribution < -0.4 is 5.32 Å². The number of benzene rings is 1. The van der Waals surface area contributed by atoms with E-state index < -0.39 is 0 Å². The molecule has 3 rings (SSSR count). The molecule has 6 heteroatoms. The summed E-state index contributed by atoms with van der Waals surface area (Å²) in [6, 6.07) is 7.36. The second-order valence-electron chi connectivity index (χ2n) is 5.63.